The zero-order valence-corrected chi connectivity index (χ0v) is 12.3. The molecule has 1 aromatic carbocycles. The van der Waals surface area contributed by atoms with Crippen molar-refractivity contribution in [2.45, 2.75) is 13.5 Å². The molecular weight excluding hydrogens is 289 g/mol. The quantitative estimate of drug-likeness (QED) is 0.850. The van der Waals surface area contributed by atoms with Gasteiger partial charge >= 0.3 is 0 Å². The molecule has 0 aliphatic rings. The number of hydrogen-bond acceptors (Lipinski definition) is 4. The number of nitrogens with one attached hydrogen (secondary N) is 1. The molecule has 4 nitrogen and oxygen atoms in total. The van der Waals surface area contributed by atoms with Crippen molar-refractivity contribution >= 4 is 17.2 Å². The van der Waals surface area contributed by atoms with Crippen LogP contribution < -0.4 is 11.1 Å². The third kappa shape index (κ3) is 4.12. The minimum atomic E-state index is -0.380. The van der Waals surface area contributed by atoms with E-state index in [1.54, 1.807) is 12.1 Å². The van der Waals surface area contributed by atoms with Crippen molar-refractivity contribution in [1.29, 1.82) is 0 Å². The van der Waals surface area contributed by atoms with Crippen LogP contribution in [-0.2, 0) is 6.54 Å². The molecule has 0 unspecified atom stereocenters. The summed E-state index contributed by atoms with van der Waals surface area (Å²) in [6.45, 7) is 2.16. The molecule has 0 bridgehead atoms. The molecule has 1 aromatic heterocycles. The monoisotopic (exact) mass is 303 g/mol. The Balaban J connectivity index is 2.07. The largest absolute Gasteiger partial charge is 0.347 e. The Morgan fingerprint density at radius 2 is 2.33 bits per heavy atom. The number of amides is 1. The summed E-state index contributed by atoms with van der Waals surface area (Å²) in [5, 5.41) is 3.48. The van der Waals surface area contributed by atoms with Gasteiger partial charge in [-0.1, -0.05) is 11.8 Å². The van der Waals surface area contributed by atoms with Gasteiger partial charge in [-0.3, -0.25) is 4.79 Å². The number of hydrogen-bond donors (Lipinski definition) is 2. The fourth-order valence-electron chi connectivity index (χ4n) is 1.67. The van der Waals surface area contributed by atoms with Gasteiger partial charge in [-0.15, -0.1) is 11.3 Å². The number of thiazole rings is 1. The second-order valence-electron chi connectivity index (χ2n) is 4.24. The van der Waals surface area contributed by atoms with E-state index in [0.29, 0.717) is 16.0 Å². The van der Waals surface area contributed by atoms with Gasteiger partial charge < -0.3 is 11.1 Å². The molecule has 1 heterocycles. The van der Waals surface area contributed by atoms with Crippen molar-refractivity contribution in [3.05, 3.63) is 51.2 Å². The number of carbonyl (C=O) groups excluding carboxylic acids is 1. The molecule has 2 rings (SSSR count). The summed E-state index contributed by atoms with van der Waals surface area (Å²) in [6, 6.07) is 4.52. The summed E-state index contributed by atoms with van der Waals surface area (Å²) in [4.78, 5) is 16.4. The fourth-order valence-corrected chi connectivity index (χ4v) is 2.36. The normalized spacial score (nSPS) is 9.86. The highest BCUT2D eigenvalue weighted by molar-refractivity contribution is 7.13. The van der Waals surface area contributed by atoms with E-state index in [0.717, 1.165) is 5.01 Å². The van der Waals surface area contributed by atoms with Gasteiger partial charge in [0.2, 0.25) is 0 Å². The zero-order valence-electron chi connectivity index (χ0n) is 11.4. The number of aryl methyl sites for hydroxylation is 1. The van der Waals surface area contributed by atoms with E-state index in [1.165, 1.54) is 23.6 Å². The standard InChI is InChI=1S/C15H14FN3OS/c1-10-18-9-14(21-10)15(20)19-8-12-7-11(3-2-6-17)4-5-13(12)16/h4-5,7,9H,6,8,17H2,1H3,(H,19,20). The van der Waals surface area contributed by atoms with Crippen molar-refractivity contribution in [3.8, 4) is 11.8 Å². The lowest BCUT2D eigenvalue weighted by Crippen LogP contribution is -2.22. The Hall–Kier alpha value is -2.23. The van der Waals surface area contributed by atoms with Gasteiger partial charge in [0.25, 0.3) is 5.91 Å². The van der Waals surface area contributed by atoms with E-state index >= 15 is 0 Å². The minimum Gasteiger partial charge on any atom is -0.347 e. The Kier molecular flexibility index (Phi) is 5.04. The molecule has 0 atom stereocenters. The third-order valence-corrected chi connectivity index (χ3v) is 3.58. The minimum absolute atomic E-state index is 0.0970. The first-order valence-corrected chi connectivity index (χ1v) is 7.10. The van der Waals surface area contributed by atoms with Crippen LogP contribution >= 0.6 is 11.3 Å². The van der Waals surface area contributed by atoms with Crippen molar-refractivity contribution in [2.75, 3.05) is 6.54 Å². The van der Waals surface area contributed by atoms with Crippen LogP contribution in [0, 0.1) is 24.6 Å². The Morgan fingerprint density at radius 1 is 1.52 bits per heavy atom. The maximum Gasteiger partial charge on any atom is 0.263 e. The van der Waals surface area contributed by atoms with Gasteiger partial charge in [-0.25, -0.2) is 9.37 Å². The van der Waals surface area contributed by atoms with Gasteiger partial charge in [-0.05, 0) is 25.1 Å². The molecule has 1 amide bonds. The molecule has 3 N–H and O–H groups in total. The van der Waals surface area contributed by atoms with Gasteiger partial charge in [0.05, 0.1) is 17.7 Å². The lowest BCUT2D eigenvalue weighted by Gasteiger charge is -2.05. The number of halogens is 1. The number of nitrogens with two attached hydrogens (primary N) is 1. The molecule has 2 aromatic rings. The van der Waals surface area contributed by atoms with Crippen LogP contribution in [0.1, 0.15) is 25.8 Å². The van der Waals surface area contributed by atoms with Crippen LogP contribution in [0.15, 0.2) is 24.4 Å². The van der Waals surface area contributed by atoms with E-state index < -0.39 is 0 Å². The first kappa shape index (κ1) is 15.2. The maximum atomic E-state index is 13.7. The highest BCUT2D eigenvalue weighted by atomic mass is 32.1. The molecule has 0 aliphatic carbocycles. The number of benzene rings is 1. The van der Waals surface area contributed by atoms with Crippen LogP contribution in [0.4, 0.5) is 4.39 Å². The summed E-state index contributed by atoms with van der Waals surface area (Å²) in [5.41, 5.74) is 6.35. The first-order valence-electron chi connectivity index (χ1n) is 6.28. The molecule has 0 fully saturated rings. The van der Waals surface area contributed by atoms with E-state index in [4.69, 9.17) is 5.73 Å². The summed E-state index contributed by atoms with van der Waals surface area (Å²) in [7, 11) is 0. The molecular formula is C15H14FN3OS. The summed E-state index contributed by atoms with van der Waals surface area (Å²) in [6.07, 6.45) is 1.51. The molecule has 0 aliphatic heterocycles. The van der Waals surface area contributed by atoms with Crippen LogP contribution in [0.5, 0.6) is 0 Å². The SMILES string of the molecule is Cc1ncc(C(=O)NCc2cc(C#CCN)ccc2F)s1. The first-order chi connectivity index (χ1) is 10.1. The van der Waals surface area contributed by atoms with Crippen molar-refractivity contribution in [2.24, 2.45) is 5.73 Å². The number of aromatic nitrogens is 1. The van der Waals surface area contributed by atoms with Crippen molar-refractivity contribution < 1.29 is 9.18 Å². The van der Waals surface area contributed by atoms with Crippen LogP contribution in [0.25, 0.3) is 0 Å². The molecule has 0 radical (unpaired) electrons. The topological polar surface area (TPSA) is 68.0 Å². The molecule has 0 saturated heterocycles. The predicted molar refractivity (Wildman–Crippen MR) is 80.4 cm³/mol. The van der Waals surface area contributed by atoms with E-state index in [1.807, 2.05) is 6.92 Å². The van der Waals surface area contributed by atoms with Gasteiger partial charge in [0, 0.05) is 17.7 Å². The molecule has 21 heavy (non-hydrogen) atoms. The highest BCUT2D eigenvalue weighted by Crippen LogP contribution is 2.13. The Bertz CT molecular complexity index is 715. The van der Waals surface area contributed by atoms with Crippen molar-refractivity contribution in [3.63, 3.8) is 0 Å². The van der Waals surface area contributed by atoms with Crippen LogP contribution in [0.3, 0.4) is 0 Å². The van der Waals surface area contributed by atoms with E-state index in [-0.39, 0.29) is 24.8 Å². The molecule has 108 valence electrons. The highest BCUT2D eigenvalue weighted by Gasteiger charge is 2.10. The Morgan fingerprint density at radius 3 is 3.00 bits per heavy atom. The van der Waals surface area contributed by atoms with Crippen LogP contribution in [0.2, 0.25) is 0 Å². The van der Waals surface area contributed by atoms with E-state index in [2.05, 4.69) is 22.1 Å². The second kappa shape index (κ2) is 6.97. The lowest BCUT2D eigenvalue weighted by molar-refractivity contribution is 0.0954. The fraction of sp³-hybridized carbons (Fsp3) is 0.200. The molecule has 0 spiro atoms. The Labute approximate surface area is 126 Å². The molecule has 6 heteroatoms. The average molecular weight is 303 g/mol. The summed E-state index contributed by atoms with van der Waals surface area (Å²) >= 11 is 1.30. The average Bonchev–Trinajstić information content (AvgIpc) is 2.91. The second-order valence-corrected chi connectivity index (χ2v) is 5.47. The van der Waals surface area contributed by atoms with Crippen LogP contribution in [-0.4, -0.2) is 17.4 Å². The number of rotatable bonds is 3. The lowest BCUT2D eigenvalue weighted by atomic mass is 10.1. The predicted octanol–water partition coefficient (Wildman–Crippen LogP) is 1.83. The van der Waals surface area contributed by atoms with Gasteiger partial charge in [-0.2, -0.15) is 0 Å². The molecule has 0 saturated carbocycles. The van der Waals surface area contributed by atoms with Gasteiger partial charge in [0.15, 0.2) is 0 Å². The van der Waals surface area contributed by atoms with E-state index in [9.17, 15) is 9.18 Å². The number of nitrogens with zero attached hydrogens (tertiary/aromatic N) is 1. The zero-order chi connectivity index (χ0) is 15.2. The maximum absolute atomic E-state index is 13.7. The van der Waals surface area contributed by atoms with Gasteiger partial charge in [0.1, 0.15) is 10.7 Å². The third-order valence-electron chi connectivity index (χ3n) is 2.66. The summed E-state index contributed by atoms with van der Waals surface area (Å²) < 4.78 is 13.7. The number of carbonyl (C=O) groups is 1. The van der Waals surface area contributed by atoms with Crippen molar-refractivity contribution in [1.82, 2.24) is 10.3 Å². The summed E-state index contributed by atoms with van der Waals surface area (Å²) in [5.74, 6) is 4.89. The smallest absolute Gasteiger partial charge is 0.263 e.